The number of amides is 2. The second-order valence-corrected chi connectivity index (χ2v) is 6.00. The molecule has 0 radical (unpaired) electrons. The lowest BCUT2D eigenvalue weighted by atomic mass is 10.1. The summed E-state index contributed by atoms with van der Waals surface area (Å²) < 4.78 is 4.96. The second-order valence-electron chi connectivity index (χ2n) is 6.00. The van der Waals surface area contributed by atoms with Crippen LogP contribution in [0.4, 0.5) is 0 Å². The van der Waals surface area contributed by atoms with E-state index in [1.54, 1.807) is 18.2 Å². The minimum Gasteiger partial charge on any atom is -0.427 e. The smallest absolute Gasteiger partial charge is 0.308 e. The first-order valence-corrected chi connectivity index (χ1v) is 8.40. The van der Waals surface area contributed by atoms with Crippen LogP contribution in [-0.4, -0.2) is 30.9 Å². The van der Waals surface area contributed by atoms with Crippen molar-refractivity contribution in [3.63, 3.8) is 0 Å². The summed E-state index contributed by atoms with van der Waals surface area (Å²) in [7, 11) is 0. The third-order valence-electron chi connectivity index (χ3n) is 4.02. The van der Waals surface area contributed by atoms with Gasteiger partial charge >= 0.3 is 5.97 Å². The molecule has 2 rings (SSSR count). The summed E-state index contributed by atoms with van der Waals surface area (Å²) in [6, 6.07) is 6.47. The predicted molar refractivity (Wildman–Crippen MR) is 89.7 cm³/mol. The molecule has 6 nitrogen and oxygen atoms in total. The largest absolute Gasteiger partial charge is 0.427 e. The summed E-state index contributed by atoms with van der Waals surface area (Å²) in [6.45, 7) is 2.34. The Bertz CT molecular complexity index is 594. The maximum atomic E-state index is 12.0. The fourth-order valence-electron chi connectivity index (χ4n) is 2.80. The molecule has 1 fully saturated rings. The molecule has 0 aliphatic heterocycles. The fraction of sp³-hybridized carbons (Fsp3) is 0.500. The SMILES string of the molecule is CC(=O)Oc1cccc(C(=O)NCCCNC(=O)C2CCCC2)c1. The third kappa shape index (κ3) is 5.68. The average molecular weight is 332 g/mol. The van der Waals surface area contributed by atoms with E-state index in [2.05, 4.69) is 10.6 Å². The fourth-order valence-corrected chi connectivity index (χ4v) is 2.80. The first kappa shape index (κ1) is 18.0. The molecule has 0 unspecified atom stereocenters. The maximum Gasteiger partial charge on any atom is 0.308 e. The van der Waals surface area contributed by atoms with Crippen molar-refractivity contribution in [2.24, 2.45) is 5.92 Å². The summed E-state index contributed by atoms with van der Waals surface area (Å²) in [5.41, 5.74) is 0.434. The van der Waals surface area contributed by atoms with Crippen molar-refractivity contribution in [2.45, 2.75) is 39.0 Å². The van der Waals surface area contributed by atoms with Crippen molar-refractivity contribution in [2.75, 3.05) is 13.1 Å². The zero-order valence-electron chi connectivity index (χ0n) is 14.0. The van der Waals surface area contributed by atoms with Crippen LogP contribution >= 0.6 is 0 Å². The van der Waals surface area contributed by atoms with Crippen LogP contribution in [0.2, 0.25) is 0 Å². The van der Waals surface area contributed by atoms with E-state index >= 15 is 0 Å². The zero-order chi connectivity index (χ0) is 17.4. The Labute approximate surface area is 142 Å². The number of nitrogens with one attached hydrogen (secondary N) is 2. The van der Waals surface area contributed by atoms with Gasteiger partial charge < -0.3 is 15.4 Å². The Morgan fingerprint density at radius 1 is 1.12 bits per heavy atom. The number of benzene rings is 1. The van der Waals surface area contributed by atoms with Crippen LogP contribution in [0.5, 0.6) is 5.75 Å². The van der Waals surface area contributed by atoms with Gasteiger partial charge in [0.25, 0.3) is 5.91 Å². The molecule has 1 aliphatic carbocycles. The number of hydrogen-bond donors (Lipinski definition) is 2. The predicted octanol–water partition coefficient (Wildman–Crippen LogP) is 2.04. The average Bonchev–Trinajstić information content (AvgIpc) is 3.08. The molecule has 0 atom stereocenters. The molecular formula is C18H24N2O4. The molecule has 1 saturated carbocycles. The van der Waals surface area contributed by atoms with Crippen LogP contribution < -0.4 is 15.4 Å². The van der Waals surface area contributed by atoms with Crippen molar-refractivity contribution >= 4 is 17.8 Å². The van der Waals surface area contributed by atoms with E-state index in [9.17, 15) is 14.4 Å². The van der Waals surface area contributed by atoms with Crippen molar-refractivity contribution in [3.05, 3.63) is 29.8 Å². The van der Waals surface area contributed by atoms with Gasteiger partial charge in [0.05, 0.1) is 0 Å². The Hall–Kier alpha value is -2.37. The number of esters is 1. The number of hydrogen-bond acceptors (Lipinski definition) is 4. The summed E-state index contributed by atoms with van der Waals surface area (Å²) in [4.78, 5) is 34.8. The molecule has 0 heterocycles. The highest BCUT2D eigenvalue weighted by Crippen LogP contribution is 2.24. The van der Waals surface area contributed by atoms with E-state index in [0.29, 0.717) is 30.8 Å². The number of ether oxygens (including phenoxy) is 1. The molecular weight excluding hydrogens is 308 g/mol. The molecule has 24 heavy (non-hydrogen) atoms. The highest BCUT2D eigenvalue weighted by atomic mass is 16.5. The molecule has 130 valence electrons. The van der Waals surface area contributed by atoms with Crippen molar-refractivity contribution < 1.29 is 19.1 Å². The van der Waals surface area contributed by atoms with E-state index in [4.69, 9.17) is 4.74 Å². The van der Waals surface area contributed by atoms with Gasteiger partial charge in [-0.1, -0.05) is 18.9 Å². The molecule has 1 aromatic carbocycles. The van der Waals surface area contributed by atoms with Crippen molar-refractivity contribution in [1.82, 2.24) is 10.6 Å². The van der Waals surface area contributed by atoms with Crippen LogP contribution in [-0.2, 0) is 9.59 Å². The lowest BCUT2D eigenvalue weighted by Gasteiger charge is -2.10. The molecule has 1 aromatic rings. The summed E-state index contributed by atoms with van der Waals surface area (Å²) >= 11 is 0. The molecule has 1 aliphatic rings. The van der Waals surface area contributed by atoms with E-state index in [-0.39, 0.29) is 17.7 Å². The minimum absolute atomic E-state index is 0.132. The van der Waals surface area contributed by atoms with Crippen LogP contribution in [0, 0.1) is 5.92 Å². The van der Waals surface area contributed by atoms with Gasteiger partial charge in [0.2, 0.25) is 5.91 Å². The van der Waals surface area contributed by atoms with Gasteiger partial charge in [-0.3, -0.25) is 14.4 Å². The highest BCUT2D eigenvalue weighted by molar-refractivity contribution is 5.94. The van der Waals surface area contributed by atoms with E-state index in [0.717, 1.165) is 25.7 Å². The first-order valence-electron chi connectivity index (χ1n) is 8.40. The zero-order valence-corrected chi connectivity index (χ0v) is 14.0. The van der Waals surface area contributed by atoms with Crippen molar-refractivity contribution in [1.29, 1.82) is 0 Å². The molecule has 0 aromatic heterocycles. The molecule has 0 bridgehead atoms. The second kappa shape index (κ2) is 9.05. The summed E-state index contributed by atoms with van der Waals surface area (Å²) in [5, 5.41) is 5.71. The molecule has 0 spiro atoms. The summed E-state index contributed by atoms with van der Waals surface area (Å²) in [5.74, 6) is -0.00724. The minimum atomic E-state index is -0.425. The van der Waals surface area contributed by atoms with Gasteiger partial charge in [0, 0.05) is 31.5 Å². The van der Waals surface area contributed by atoms with Gasteiger partial charge in [0.1, 0.15) is 5.75 Å². The topological polar surface area (TPSA) is 84.5 Å². The molecule has 6 heteroatoms. The number of rotatable bonds is 7. The lowest BCUT2D eigenvalue weighted by molar-refractivity contribution is -0.132. The monoisotopic (exact) mass is 332 g/mol. The van der Waals surface area contributed by atoms with Crippen LogP contribution in [0.25, 0.3) is 0 Å². The standard InChI is InChI=1S/C18H24N2O4/c1-13(21)24-16-9-4-8-15(12-16)18(23)20-11-5-10-19-17(22)14-6-2-3-7-14/h4,8-9,12,14H,2-3,5-7,10-11H2,1H3,(H,19,22)(H,20,23). The number of carbonyl (C=O) groups is 3. The van der Waals surface area contributed by atoms with Gasteiger partial charge in [-0.15, -0.1) is 0 Å². The first-order chi connectivity index (χ1) is 11.6. The van der Waals surface area contributed by atoms with Gasteiger partial charge in [-0.2, -0.15) is 0 Å². The Balaban J connectivity index is 1.67. The van der Waals surface area contributed by atoms with Crippen LogP contribution in [0.15, 0.2) is 24.3 Å². The Morgan fingerprint density at radius 3 is 2.54 bits per heavy atom. The maximum absolute atomic E-state index is 12.0. The third-order valence-corrected chi connectivity index (χ3v) is 4.02. The van der Waals surface area contributed by atoms with Crippen molar-refractivity contribution in [3.8, 4) is 5.75 Å². The van der Waals surface area contributed by atoms with Gasteiger partial charge in [0.15, 0.2) is 0 Å². The van der Waals surface area contributed by atoms with Gasteiger partial charge in [-0.25, -0.2) is 0 Å². The quantitative estimate of drug-likeness (QED) is 0.455. The molecule has 0 saturated heterocycles. The molecule has 2 N–H and O–H groups in total. The molecule has 2 amide bonds. The van der Waals surface area contributed by atoms with Crippen LogP contribution in [0.3, 0.4) is 0 Å². The van der Waals surface area contributed by atoms with E-state index in [1.165, 1.54) is 13.0 Å². The van der Waals surface area contributed by atoms with Gasteiger partial charge in [-0.05, 0) is 37.5 Å². The normalized spacial score (nSPS) is 14.2. The summed E-state index contributed by atoms with van der Waals surface area (Å²) in [6.07, 6.45) is 4.93. The van der Waals surface area contributed by atoms with Crippen LogP contribution in [0.1, 0.15) is 49.4 Å². The highest BCUT2D eigenvalue weighted by Gasteiger charge is 2.21. The Morgan fingerprint density at radius 2 is 1.83 bits per heavy atom. The lowest BCUT2D eigenvalue weighted by Crippen LogP contribution is -2.32. The Kier molecular flexibility index (Phi) is 6.78. The van der Waals surface area contributed by atoms with E-state index in [1.807, 2.05) is 0 Å². The number of carbonyl (C=O) groups excluding carboxylic acids is 3. The van der Waals surface area contributed by atoms with E-state index < -0.39 is 5.97 Å².